The van der Waals surface area contributed by atoms with Crippen LogP contribution in [-0.4, -0.2) is 34.7 Å². The van der Waals surface area contributed by atoms with E-state index in [1.165, 1.54) is 0 Å². The Balaban J connectivity index is 1.49. The van der Waals surface area contributed by atoms with Gasteiger partial charge < -0.3 is 19.5 Å². The van der Waals surface area contributed by atoms with E-state index in [9.17, 15) is 4.79 Å². The molecule has 1 saturated heterocycles. The van der Waals surface area contributed by atoms with Crippen LogP contribution in [0.25, 0.3) is 11.4 Å². The van der Waals surface area contributed by atoms with Crippen LogP contribution < -0.4 is 10.1 Å². The number of nitrogens with one attached hydrogen (secondary N) is 1. The molecule has 2 heterocycles. The number of methoxy groups -OCH3 is 1. The van der Waals surface area contributed by atoms with Gasteiger partial charge in [-0.05, 0) is 50.1 Å². The summed E-state index contributed by atoms with van der Waals surface area (Å²) in [5.41, 5.74) is 2.75. The number of amides is 2. The number of benzene rings is 2. The number of likely N-dealkylation sites (tertiary alicyclic amines) is 1. The number of ether oxygens (including phenoxy) is 1. The Morgan fingerprint density at radius 2 is 2.07 bits per heavy atom. The summed E-state index contributed by atoms with van der Waals surface area (Å²) in [5, 5.41) is 7.03. The van der Waals surface area contributed by atoms with Crippen molar-refractivity contribution < 1.29 is 14.1 Å². The van der Waals surface area contributed by atoms with E-state index in [1.54, 1.807) is 12.0 Å². The van der Waals surface area contributed by atoms with Crippen LogP contribution >= 0.6 is 0 Å². The van der Waals surface area contributed by atoms with E-state index in [-0.39, 0.29) is 12.1 Å². The molecule has 4 rings (SSSR count). The summed E-state index contributed by atoms with van der Waals surface area (Å²) in [7, 11) is 1.61. The van der Waals surface area contributed by atoms with Gasteiger partial charge in [-0.25, -0.2) is 4.79 Å². The summed E-state index contributed by atoms with van der Waals surface area (Å²) in [5.74, 6) is 1.76. The quantitative estimate of drug-likeness (QED) is 0.727. The molecule has 7 heteroatoms. The Labute approximate surface area is 163 Å². The molecule has 3 aromatic rings. The minimum absolute atomic E-state index is 0.178. The highest BCUT2D eigenvalue weighted by atomic mass is 16.5. The molecular weight excluding hydrogens is 356 g/mol. The van der Waals surface area contributed by atoms with Crippen molar-refractivity contribution in [3.63, 3.8) is 0 Å². The van der Waals surface area contributed by atoms with Crippen molar-refractivity contribution in [3.05, 3.63) is 60.0 Å². The third kappa shape index (κ3) is 3.69. The number of aromatic nitrogens is 2. The fourth-order valence-corrected chi connectivity index (χ4v) is 3.41. The van der Waals surface area contributed by atoms with Crippen LogP contribution in [0.5, 0.6) is 5.75 Å². The number of hydrogen-bond acceptors (Lipinski definition) is 5. The average Bonchev–Trinajstić information content (AvgIpc) is 3.38. The highest BCUT2D eigenvalue weighted by Crippen LogP contribution is 2.32. The van der Waals surface area contributed by atoms with E-state index in [2.05, 4.69) is 15.5 Å². The molecule has 0 radical (unpaired) electrons. The molecule has 0 bridgehead atoms. The molecule has 2 aromatic carbocycles. The summed E-state index contributed by atoms with van der Waals surface area (Å²) in [4.78, 5) is 19.1. The first-order valence-electron chi connectivity index (χ1n) is 9.26. The number of carbonyl (C=O) groups is 1. The molecule has 0 saturated carbocycles. The van der Waals surface area contributed by atoms with Crippen LogP contribution in [-0.2, 0) is 0 Å². The van der Waals surface area contributed by atoms with Crippen LogP contribution in [0.1, 0.15) is 30.3 Å². The van der Waals surface area contributed by atoms with Gasteiger partial charge in [0, 0.05) is 17.8 Å². The number of urea groups is 1. The van der Waals surface area contributed by atoms with Gasteiger partial charge in [-0.2, -0.15) is 4.98 Å². The van der Waals surface area contributed by atoms with Crippen LogP contribution in [0.15, 0.2) is 53.1 Å². The molecule has 1 atom stereocenters. The fourth-order valence-electron chi connectivity index (χ4n) is 3.41. The normalized spacial score (nSPS) is 16.2. The number of nitrogens with zero attached hydrogens (tertiary/aromatic N) is 3. The second-order valence-electron chi connectivity index (χ2n) is 6.84. The van der Waals surface area contributed by atoms with Crippen LogP contribution in [0, 0.1) is 6.92 Å². The predicted molar refractivity (Wildman–Crippen MR) is 105 cm³/mol. The summed E-state index contributed by atoms with van der Waals surface area (Å²) in [6, 6.07) is 14.8. The number of aryl methyl sites for hydroxylation is 1. The molecule has 0 spiro atoms. The number of carbonyl (C=O) groups excluding carboxylic acids is 1. The molecule has 1 unspecified atom stereocenters. The van der Waals surface area contributed by atoms with E-state index < -0.39 is 0 Å². The predicted octanol–water partition coefficient (Wildman–Crippen LogP) is 4.42. The molecule has 1 fully saturated rings. The van der Waals surface area contributed by atoms with Crippen molar-refractivity contribution in [2.24, 2.45) is 0 Å². The van der Waals surface area contributed by atoms with Crippen molar-refractivity contribution in [2.75, 3.05) is 19.0 Å². The number of anilines is 1. The summed E-state index contributed by atoms with van der Waals surface area (Å²) in [6.07, 6.45) is 1.69. The summed E-state index contributed by atoms with van der Waals surface area (Å²) >= 11 is 0. The van der Waals surface area contributed by atoms with Gasteiger partial charge in [0.25, 0.3) is 0 Å². The van der Waals surface area contributed by atoms with Gasteiger partial charge in [-0.3, -0.25) is 0 Å². The molecule has 144 valence electrons. The van der Waals surface area contributed by atoms with Crippen LogP contribution in [0.2, 0.25) is 0 Å². The van der Waals surface area contributed by atoms with E-state index in [1.807, 2.05) is 55.5 Å². The van der Waals surface area contributed by atoms with Crippen molar-refractivity contribution >= 4 is 11.7 Å². The Kier molecular flexibility index (Phi) is 4.97. The second-order valence-corrected chi connectivity index (χ2v) is 6.84. The zero-order chi connectivity index (χ0) is 19.5. The van der Waals surface area contributed by atoms with E-state index in [0.29, 0.717) is 23.9 Å². The highest BCUT2D eigenvalue weighted by Gasteiger charge is 2.34. The van der Waals surface area contributed by atoms with E-state index >= 15 is 0 Å². The van der Waals surface area contributed by atoms with Crippen LogP contribution in [0.4, 0.5) is 10.5 Å². The van der Waals surface area contributed by atoms with Gasteiger partial charge in [0.1, 0.15) is 11.8 Å². The largest absolute Gasteiger partial charge is 0.497 e. The van der Waals surface area contributed by atoms with Crippen molar-refractivity contribution in [1.82, 2.24) is 15.0 Å². The van der Waals surface area contributed by atoms with Crippen LogP contribution in [0.3, 0.4) is 0 Å². The molecule has 1 aromatic heterocycles. The zero-order valence-corrected chi connectivity index (χ0v) is 15.9. The fraction of sp³-hybridized carbons (Fsp3) is 0.286. The topological polar surface area (TPSA) is 80.5 Å². The first kappa shape index (κ1) is 18.0. The van der Waals surface area contributed by atoms with E-state index in [0.717, 1.165) is 29.7 Å². The van der Waals surface area contributed by atoms with Gasteiger partial charge in [-0.1, -0.05) is 28.9 Å². The monoisotopic (exact) mass is 378 g/mol. The molecule has 2 amide bonds. The molecular formula is C21H22N4O3. The maximum atomic E-state index is 12.8. The Morgan fingerprint density at radius 3 is 2.82 bits per heavy atom. The van der Waals surface area contributed by atoms with E-state index in [4.69, 9.17) is 9.26 Å². The second kappa shape index (κ2) is 7.72. The summed E-state index contributed by atoms with van der Waals surface area (Å²) in [6.45, 7) is 2.67. The molecule has 0 aliphatic carbocycles. The minimum Gasteiger partial charge on any atom is -0.497 e. The molecule has 28 heavy (non-hydrogen) atoms. The highest BCUT2D eigenvalue weighted by molar-refractivity contribution is 5.89. The third-order valence-electron chi connectivity index (χ3n) is 4.86. The van der Waals surface area contributed by atoms with Gasteiger partial charge in [-0.15, -0.1) is 0 Å². The van der Waals surface area contributed by atoms with Crippen molar-refractivity contribution in [2.45, 2.75) is 25.8 Å². The first-order chi connectivity index (χ1) is 13.6. The summed E-state index contributed by atoms with van der Waals surface area (Å²) < 4.78 is 10.6. The first-order valence-corrected chi connectivity index (χ1v) is 9.26. The van der Waals surface area contributed by atoms with Crippen molar-refractivity contribution in [3.8, 4) is 17.1 Å². The van der Waals surface area contributed by atoms with Gasteiger partial charge in [0.2, 0.25) is 11.7 Å². The zero-order valence-electron chi connectivity index (χ0n) is 15.9. The molecule has 1 aliphatic heterocycles. The van der Waals surface area contributed by atoms with Gasteiger partial charge >= 0.3 is 6.03 Å². The van der Waals surface area contributed by atoms with Gasteiger partial charge in [0.15, 0.2) is 0 Å². The lowest BCUT2D eigenvalue weighted by atomic mass is 10.1. The Hall–Kier alpha value is -3.35. The maximum absolute atomic E-state index is 12.8. The van der Waals surface area contributed by atoms with Gasteiger partial charge in [0.05, 0.1) is 7.11 Å². The Bertz CT molecular complexity index is 968. The standard InChI is InChI=1S/C21H22N4O3/c1-14-5-3-6-15(13-14)19-23-20(28-24-19)18-7-4-12-25(18)21(26)22-16-8-10-17(27-2)11-9-16/h3,5-6,8-11,13,18H,4,7,12H2,1-2H3,(H,22,26). The Morgan fingerprint density at radius 1 is 1.25 bits per heavy atom. The number of hydrogen-bond donors (Lipinski definition) is 1. The lowest BCUT2D eigenvalue weighted by Crippen LogP contribution is -2.34. The lowest BCUT2D eigenvalue weighted by molar-refractivity contribution is 0.193. The minimum atomic E-state index is -0.218. The maximum Gasteiger partial charge on any atom is 0.322 e. The molecule has 7 nitrogen and oxygen atoms in total. The smallest absolute Gasteiger partial charge is 0.322 e. The average molecular weight is 378 g/mol. The SMILES string of the molecule is COc1ccc(NC(=O)N2CCCC2c2nc(-c3cccc(C)c3)no2)cc1. The van der Waals surface area contributed by atoms with Crippen molar-refractivity contribution in [1.29, 1.82) is 0 Å². The molecule has 1 aliphatic rings. The third-order valence-corrected chi connectivity index (χ3v) is 4.86. The lowest BCUT2D eigenvalue weighted by Gasteiger charge is -2.22. The number of rotatable bonds is 4. The molecule has 1 N–H and O–H groups in total.